The number of nitrogens with zero attached hydrogens (tertiary/aromatic N) is 3. The van der Waals surface area contributed by atoms with Crippen LogP contribution < -0.4 is 4.90 Å². The lowest BCUT2D eigenvalue weighted by Gasteiger charge is -2.29. The maximum absolute atomic E-state index is 10.4. The summed E-state index contributed by atoms with van der Waals surface area (Å²) < 4.78 is 0.783. The van der Waals surface area contributed by atoms with Gasteiger partial charge in [0.25, 0.3) is 0 Å². The predicted octanol–water partition coefficient (Wildman–Crippen LogP) is 2.29. The molecule has 1 aromatic rings. The molecule has 1 aliphatic carbocycles. The second kappa shape index (κ2) is 4.90. The normalized spacial score (nSPS) is 18.4. The van der Waals surface area contributed by atoms with Gasteiger partial charge in [0.1, 0.15) is 16.2 Å². The van der Waals surface area contributed by atoms with Crippen LogP contribution in [0.4, 0.5) is 5.82 Å². The maximum atomic E-state index is 10.4. The monoisotopic (exact) mass is 299 g/mol. The van der Waals surface area contributed by atoms with Gasteiger partial charge in [-0.25, -0.2) is 9.97 Å². The number of rotatable bonds is 3. The average molecular weight is 300 g/mol. The SMILES string of the molecule is Cc1nc(Br)cc(N(C)CC2(O)CCCC2)n1. The lowest BCUT2D eigenvalue weighted by Crippen LogP contribution is -2.39. The molecule has 0 unspecified atom stereocenters. The van der Waals surface area contributed by atoms with Crippen molar-refractivity contribution in [3.05, 3.63) is 16.5 Å². The molecule has 4 nitrogen and oxygen atoms in total. The van der Waals surface area contributed by atoms with E-state index in [1.165, 1.54) is 0 Å². The zero-order valence-corrected chi connectivity index (χ0v) is 11.9. The molecule has 0 amide bonds. The van der Waals surface area contributed by atoms with E-state index in [-0.39, 0.29) is 0 Å². The van der Waals surface area contributed by atoms with Crippen molar-refractivity contribution >= 4 is 21.7 Å². The molecule has 5 heteroatoms. The summed E-state index contributed by atoms with van der Waals surface area (Å²) in [5.74, 6) is 1.59. The van der Waals surface area contributed by atoms with Crippen LogP contribution in [0.2, 0.25) is 0 Å². The highest BCUT2D eigenvalue weighted by Crippen LogP contribution is 2.31. The van der Waals surface area contributed by atoms with Crippen LogP contribution in [0, 0.1) is 6.92 Å². The Morgan fingerprint density at radius 1 is 1.41 bits per heavy atom. The third kappa shape index (κ3) is 3.16. The highest BCUT2D eigenvalue weighted by molar-refractivity contribution is 9.10. The largest absolute Gasteiger partial charge is 0.388 e. The summed E-state index contributed by atoms with van der Waals surface area (Å²) in [7, 11) is 1.96. The van der Waals surface area contributed by atoms with Crippen molar-refractivity contribution < 1.29 is 5.11 Å². The third-order valence-electron chi connectivity index (χ3n) is 3.25. The molecule has 1 fully saturated rings. The van der Waals surface area contributed by atoms with Gasteiger partial charge in [0.2, 0.25) is 0 Å². The molecule has 0 saturated heterocycles. The summed E-state index contributed by atoms with van der Waals surface area (Å²) >= 11 is 3.37. The Hall–Kier alpha value is -0.680. The Balaban J connectivity index is 2.11. The predicted molar refractivity (Wildman–Crippen MR) is 71.2 cm³/mol. The molecule has 1 aromatic heterocycles. The zero-order chi connectivity index (χ0) is 12.5. The summed E-state index contributed by atoms with van der Waals surface area (Å²) in [4.78, 5) is 10.6. The van der Waals surface area contributed by atoms with Crippen molar-refractivity contribution in [3.63, 3.8) is 0 Å². The lowest BCUT2D eigenvalue weighted by molar-refractivity contribution is 0.0558. The van der Waals surface area contributed by atoms with E-state index < -0.39 is 5.60 Å². The van der Waals surface area contributed by atoms with E-state index in [1.807, 2.05) is 24.9 Å². The molecule has 0 spiro atoms. The van der Waals surface area contributed by atoms with Crippen LogP contribution in [0.1, 0.15) is 31.5 Å². The molecule has 2 rings (SSSR count). The fourth-order valence-electron chi connectivity index (χ4n) is 2.43. The van der Waals surface area contributed by atoms with Crippen molar-refractivity contribution in [1.29, 1.82) is 0 Å². The summed E-state index contributed by atoms with van der Waals surface area (Å²) in [5, 5.41) is 10.4. The molecule has 0 radical (unpaired) electrons. The number of likely N-dealkylation sites (N-methyl/N-ethyl adjacent to an activating group) is 1. The van der Waals surface area contributed by atoms with Gasteiger partial charge in [-0.15, -0.1) is 0 Å². The molecule has 1 heterocycles. The number of hydrogen-bond acceptors (Lipinski definition) is 4. The van der Waals surface area contributed by atoms with Gasteiger partial charge in [-0.3, -0.25) is 0 Å². The Morgan fingerprint density at radius 3 is 2.65 bits per heavy atom. The van der Waals surface area contributed by atoms with Crippen molar-refractivity contribution in [2.24, 2.45) is 0 Å². The number of anilines is 1. The first-order valence-electron chi connectivity index (χ1n) is 5.93. The quantitative estimate of drug-likeness (QED) is 0.870. The van der Waals surface area contributed by atoms with Crippen LogP contribution >= 0.6 is 15.9 Å². The van der Waals surface area contributed by atoms with Crippen molar-refractivity contribution in [2.75, 3.05) is 18.5 Å². The van der Waals surface area contributed by atoms with Gasteiger partial charge < -0.3 is 10.0 Å². The summed E-state index contributed by atoms with van der Waals surface area (Å²) in [5.41, 5.74) is -0.542. The zero-order valence-electron chi connectivity index (χ0n) is 10.3. The third-order valence-corrected chi connectivity index (χ3v) is 3.66. The second-order valence-corrected chi connectivity index (χ2v) is 5.70. The topological polar surface area (TPSA) is 49.2 Å². The maximum Gasteiger partial charge on any atom is 0.133 e. The Labute approximate surface area is 110 Å². The Morgan fingerprint density at radius 2 is 2.06 bits per heavy atom. The number of aryl methyl sites for hydroxylation is 1. The molecule has 1 saturated carbocycles. The highest BCUT2D eigenvalue weighted by atomic mass is 79.9. The van der Waals surface area contributed by atoms with Crippen LogP contribution in [0.25, 0.3) is 0 Å². The standard InChI is InChI=1S/C12H18BrN3O/c1-9-14-10(13)7-11(15-9)16(2)8-12(17)5-3-4-6-12/h7,17H,3-6,8H2,1-2H3. The van der Waals surface area contributed by atoms with Gasteiger partial charge in [-0.05, 0) is 35.7 Å². The first-order valence-corrected chi connectivity index (χ1v) is 6.73. The van der Waals surface area contributed by atoms with Gasteiger partial charge in [0.15, 0.2) is 0 Å². The number of halogens is 1. The summed E-state index contributed by atoms with van der Waals surface area (Å²) in [6.07, 6.45) is 4.03. The highest BCUT2D eigenvalue weighted by Gasteiger charge is 2.32. The first kappa shape index (κ1) is 12.8. The van der Waals surface area contributed by atoms with Crippen LogP contribution in [-0.2, 0) is 0 Å². The summed E-state index contributed by atoms with van der Waals surface area (Å²) in [6.45, 7) is 2.50. The van der Waals surface area contributed by atoms with Crippen molar-refractivity contribution in [2.45, 2.75) is 38.2 Å². The molecule has 1 aliphatic rings. The molecule has 0 aliphatic heterocycles. The van der Waals surface area contributed by atoms with Crippen LogP contribution in [0.3, 0.4) is 0 Å². The lowest BCUT2D eigenvalue weighted by atomic mass is 10.0. The van der Waals surface area contributed by atoms with E-state index >= 15 is 0 Å². The molecule has 0 aromatic carbocycles. The first-order chi connectivity index (χ1) is 7.98. The minimum absolute atomic E-state index is 0.542. The number of aromatic nitrogens is 2. The van der Waals surface area contributed by atoms with Crippen molar-refractivity contribution in [3.8, 4) is 0 Å². The van der Waals surface area contributed by atoms with Crippen LogP contribution in [0.5, 0.6) is 0 Å². The molecule has 1 N–H and O–H groups in total. The van der Waals surface area contributed by atoms with E-state index in [2.05, 4.69) is 25.9 Å². The summed E-state index contributed by atoms with van der Waals surface area (Å²) in [6, 6.07) is 1.88. The van der Waals surface area contributed by atoms with E-state index in [4.69, 9.17) is 0 Å². The minimum Gasteiger partial charge on any atom is -0.388 e. The molecule has 0 atom stereocenters. The Kier molecular flexibility index (Phi) is 3.68. The van der Waals surface area contributed by atoms with E-state index in [1.54, 1.807) is 0 Å². The van der Waals surface area contributed by atoms with Gasteiger partial charge in [-0.1, -0.05) is 12.8 Å². The number of aliphatic hydroxyl groups is 1. The van der Waals surface area contributed by atoms with E-state index in [0.717, 1.165) is 41.9 Å². The Bertz CT molecular complexity index is 384. The fraction of sp³-hybridized carbons (Fsp3) is 0.667. The molecule has 0 bridgehead atoms. The average Bonchev–Trinajstić information content (AvgIpc) is 2.63. The minimum atomic E-state index is -0.542. The van der Waals surface area contributed by atoms with Gasteiger partial charge in [0.05, 0.1) is 5.60 Å². The van der Waals surface area contributed by atoms with Crippen molar-refractivity contribution in [1.82, 2.24) is 9.97 Å². The molecule has 17 heavy (non-hydrogen) atoms. The van der Waals surface area contributed by atoms with Gasteiger partial charge >= 0.3 is 0 Å². The van der Waals surface area contributed by atoms with E-state index in [0.29, 0.717) is 6.54 Å². The van der Waals surface area contributed by atoms with Gasteiger partial charge in [-0.2, -0.15) is 0 Å². The number of hydrogen-bond donors (Lipinski definition) is 1. The fourth-order valence-corrected chi connectivity index (χ4v) is 2.89. The van der Waals surface area contributed by atoms with E-state index in [9.17, 15) is 5.11 Å². The van der Waals surface area contributed by atoms with Crippen LogP contribution in [-0.4, -0.2) is 34.3 Å². The smallest absolute Gasteiger partial charge is 0.133 e. The van der Waals surface area contributed by atoms with Gasteiger partial charge in [0, 0.05) is 19.7 Å². The second-order valence-electron chi connectivity index (χ2n) is 4.88. The molecule has 94 valence electrons. The molecular formula is C12H18BrN3O. The van der Waals surface area contributed by atoms with Crippen LogP contribution in [0.15, 0.2) is 10.7 Å². The molecular weight excluding hydrogens is 282 g/mol.